The molecular weight excluding hydrogens is 248 g/mol. The summed E-state index contributed by atoms with van der Waals surface area (Å²) in [5, 5.41) is 8.07. The Bertz CT molecular complexity index is 602. The zero-order valence-corrected chi connectivity index (χ0v) is 12.4. The molecule has 0 amide bonds. The maximum Gasteiger partial charge on any atom is 0.0597 e. The first-order valence-electron chi connectivity index (χ1n) is 7.40. The Labute approximate surface area is 120 Å². The first kappa shape index (κ1) is 13.3. The molecule has 1 aliphatic carbocycles. The Morgan fingerprint density at radius 1 is 1.50 bits per heavy atom. The number of aromatic nitrogens is 3. The van der Waals surface area contributed by atoms with Crippen molar-refractivity contribution in [3.63, 3.8) is 0 Å². The van der Waals surface area contributed by atoms with Gasteiger partial charge in [0.1, 0.15) is 0 Å². The van der Waals surface area contributed by atoms with Gasteiger partial charge in [-0.15, -0.1) is 0 Å². The fourth-order valence-electron chi connectivity index (χ4n) is 3.39. The highest BCUT2D eigenvalue weighted by atomic mass is 15.3. The van der Waals surface area contributed by atoms with Crippen molar-refractivity contribution in [2.24, 2.45) is 0 Å². The molecule has 2 aromatic rings. The van der Waals surface area contributed by atoms with E-state index in [2.05, 4.69) is 46.1 Å². The van der Waals surface area contributed by atoms with E-state index in [9.17, 15) is 0 Å². The highest BCUT2D eigenvalue weighted by Crippen LogP contribution is 2.40. The summed E-state index contributed by atoms with van der Waals surface area (Å²) < 4.78 is 2.11. The van der Waals surface area contributed by atoms with Crippen molar-refractivity contribution in [3.8, 4) is 0 Å². The van der Waals surface area contributed by atoms with Gasteiger partial charge >= 0.3 is 0 Å². The lowest BCUT2D eigenvalue weighted by Gasteiger charge is -2.24. The van der Waals surface area contributed by atoms with Crippen molar-refractivity contribution >= 4 is 0 Å². The number of likely N-dealkylation sites (N-methyl/N-ethyl adjacent to an activating group) is 1. The van der Waals surface area contributed by atoms with Crippen LogP contribution in [0.2, 0.25) is 0 Å². The molecule has 0 saturated heterocycles. The maximum absolute atomic E-state index is 4.63. The highest BCUT2D eigenvalue weighted by molar-refractivity contribution is 5.32. The second kappa shape index (κ2) is 5.37. The van der Waals surface area contributed by atoms with Gasteiger partial charge in [-0.3, -0.25) is 9.67 Å². The number of nitrogens with zero attached hydrogens (tertiary/aromatic N) is 3. The van der Waals surface area contributed by atoms with Gasteiger partial charge in [0.2, 0.25) is 0 Å². The van der Waals surface area contributed by atoms with Crippen LogP contribution in [0.4, 0.5) is 0 Å². The third-order valence-electron chi connectivity index (χ3n) is 4.27. The summed E-state index contributed by atoms with van der Waals surface area (Å²) in [4.78, 5) is 4.63. The number of fused-ring (bicyclic) bond motifs is 1. The van der Waals surface area contributed by atoms with Crippen molar-refractivity contribution in [3.05, 3.63) is 47.0 Å². The van der Waals surface area contributed by atoms with Crippen molar-refractivity contribution in [1.82, 2.24) is 20.1 Å². The first-order valence-corrected chi connectivity index (χ1v) is 7.40. The van der Waals surface area contributed by atoms with Gasteiger partial charge in [0.25, 0.3) is 0 Å². The number of hydrogen-bond acceptors (Lipinski definition) is 3. The molecule has 106 valence electrons. The maximum atomic E-state index is 4.63. The van der Waals surface area contributed by atoms with Gasteiger partial charge in [-0.05, 0) is 51.4 Å². The third kappa shape index (κ3) is 2.14. The predicted octanol–water partition coefficient (Wildman–Crippen LogP) is 2.60. The van der Waals surface area contributed by atoms with E-state index in [1.165, 1.54) is 17.0 Å². The van der Waals surface area contributed by atoms with E-state index in [1.807, 2.05) is 19.3 Å². The molecule has 0 bridgehead atoms. The molecule has 4 nitrogen and oxygen atoms in total. The lowest BCUT2D eigenvalue weighted by molar-refractivity contribution is 0.432. The van der Waals surface area contributed by atoms with Gasteiger partial charge in [-0.2, -0.15) is 5.10 Å². The zero-order chi connectivity index (χ0) is 14.1. The van der Waals surface area contributed by atoms with Crippen LogP contribution >= 0.6 is 0 Å². The van der Waals surface area contributed by atoms with Crippen LogP contribution in [0.25, 0.3) is 0 Å². The summed E-state index contributed by atoms with van der Waals surface area (Å²) in [7, 11) is 2.04. The molecule has 1 N–H and O–H groups in total. The molecule has 0 aliphatic heterocycles. The Morgan fingerprint density at radius 2 is 2.35 bits per heavy atom. The summed E-state index contributed by atoms with van der Waals surface area (Å²) in [6, 6.07) is 6.73. The van der Waals surface area contributed by atoms with Crippen molar-refractivity contribution in [2.45, 2.75) is 45.2 Å². The number of nitrogens with one attached hydrogen (secondary N) is 1. The molecule has 0 fully saturated rings. The topological polar surface area (TPSA) is 42.7 Å². The third-order valence-corrected chi connectivity index (χ3v) is 4.27. The molecule has 3 rings (SSSR count). The number of aryl methyl sites for hydroxylation is 3. The van der Waals surface area contributed by atoms with E-state index in [4.69, 9.17) is 0 Å². The fourth-order valence-corrected chi connectivity index (χ4v) is 3.39. The highest BCUT2D eigenvalue weighted by Gasteiger charge is 2.32. The fraction of sp³-hybridized carbons (Fsp3) is 0.500. The number of pyridine rings is 1. The van der Waals surface area contributed by atoms with Gasteiger partial charge in [0.05, 0.1) is 17.4 Å². The van der Waals surface area contributed by atoms with Gasteiger partial charge in [-0.25, -0.2) is 0 Å². The second-order valence-corrected chi connectivity index (χ2v) is 5.49. The van der Waals surface area contributed by atoms with Crippen molar-refractivity contribution < 1.29 is 0 Å². The van der Waals surface area contributed by atoms with Crippen LogP contribution in [0.5, 0.6) is 0 Å². The van der Waals surface area contributed by atoms with Crippen molar-refractivity contribution in [2.75, 3.05) is 7.05 Å². The van der Waals surface area contributed by atoms with Gasteiger partial charge in [-0.1, -0.05) is 6.07 Å². The van der Waals surface area contributed by atoms with Crippen LogP contribution in [0, 0.1) is 6.92 Å². The summed E-state index contributed by atoms with van der Waals surface area (Å²) in [6.07, 6.45) is 4.20. The molecule has 2 aromatic heterocycles. The van der Waals surface area contributed by atoms with E-state index in [0.717, 1.165) is 25.1 Å². The summed E-state index contributed by atoms with van der Waals surface area (Å²) in [5.74, 6) is 0.442. The molecular formula is C16H22N4. The largest absolute Gasteiger partial charge is 0.311 e. The molecule has 2 unspecified atom stereocenters. The van der Waals surface area contributed by atoms with Crippen LogP contribution < -0.4 is 5.32 Å². The molecule has 2 heterocycles. The minimum absolute atomic E-state index is 0.285. The molecule has 0 radical (unpaired) electrons. The van der Waals surface area contributed by atoms with E-state index < -0.39 is 0 Å². The van der Waals surface area contributed by atoms with Gasteiger partial charge in [0.15, 0.2) is 0 Å². The Hall–Kier alpha value is -1.68. The lowest BCUT2D eigenvalue weighted by Crippen LogP contribution is -2.26. The summed E-state index contributed by atoms with van der Waals surface area (Å²) in [5.41, 5.74) is 5.02. The molecule has 0 spiro atoms. The number of rotatable bonds is 4. The lowest BCUT2D eigenvalue weighted by atomic mass is 9.94. The Morgan fingerprint density at radius 3 is 3.10 bits per heavy atom. The molecule has 4 heteroatoms. The molecule has 0 saturated carbocycles. The average Bonchev–Trinajstić information content (AvgIpc) is 3.04. The minimum atomic E-state index is 0.285. The van der Waals surface area contributed by atoms with Crippen LogP contribution in [0.3, 0.4) is 0 Å². The van der Waals surface area contributed by atoms with E-state index in [0.29, 0.717) is 5.92 Å². The molecule has 1 aliphatic rings. The summed E-state index contributed by atoms with van der Waals surface area (Å²) in [6.45, 7) is 5.11. The first-order chi connectivity index (χ1) is 9.74. The Kier molecular flexibility index (Phi) is 3.57. The average molecular weight is 270 g/mol. The smallest absolute Gasteiger partial charge is 0.0597 e. The van der Waals surface area contributed by atoms with E-state index in [1.54, 1.807) is 0 Å². The Balaban J connectivity index is 1.99. The number of hydrogen-bond donors (Lipinski definition) is 1. The second-order valence-electron chi connectivity index (χ2n) is 5.49. The van der Waals surface area contributed by atoms with E-state index in [-0.39, 0.29) is 6.04 Å². The minimum Gasteiger partial charge on any atom is -0.311 e. The molecule has 20 heavy (non-hydrogen) atoms. The zero-order valence-electron chi connectivity index (χ0n) is 12.4. The predicted molar refractivity (Wildman–Crippen MR) is 79.7 cm³/mol. The van der Waals surface area contributed by atoms with Crippen LogP contribution in [0.1, 0.15) is 47.9 Å². The standard InChI is InChI=1S/C16H22N4/c1-4-20-14(10-11(2)19-20)16(17-3)13-8-7-12-6-5-9-18-15(12)13/h5-6,9-10,13,16-17H,4,7-8H2,1-3H3. The van der Waals surface area contributed by atoms with E-state index >= 15 is 0 Å². The quantitative estimate of drug-likeness (QED) is 0.928. The van der Waals surface area contributed by atoms with Crippen molar-refractivity contribution in [1.29, 1.82) is 0 Å². The van der Waals surface area contributed by atoms with Crippen LogP contribution in [-0.4, -0.2) is 21.8 Å². The summed E-state index contributed by atoms with van der Waals surface area (Å²) >= 11 is 0. The van der Waals surface area contributed by atoms with Gasteiger partial charge < -0.3 is 5.32 Å². The molecule has 2 atom stereocenters. The monoisotopic (exact) mass is 270 g/mol. The normalized spacial score (nSPS) is 19.1. The SMILES string of the molecule is CCn1nc(C)cc1C(NC)C1CCc2cccnc21. The van der Waals surface area contributed by atoms with Crippen LogP contribution in [-0.2, 0) is 13.0 Å². The van der Waals surface area contributed by atoms with Crippen LogP contribution in [0.15, 0.2) is 24.4 Å². The van der Waals surface area contributed by atoms with Gasteiger partial charge in [0, 0.05) is 24.4 Å². The molecule has 0 aromatic carbocycles.